The van der Waals surface area contributed by atoms with Crippen LogP contribution in [-0.4, -0.2) is 74.7 Å². The number of piperidine rings is 1. The van der Waals surface area contributed by atoms with Gasteiger partial charge in [0, 0.05) is 72.5 Å². The van der Waals surface area contributed by atoms with Crippen molar-refractivity contribution in [2.75, 3.05) is 46.9 Å². The van der Waals surface area contributed by atoms with Crippen LogP contribution in [-0.2, 0) is 22.6 Å². The molecule has 7 nitrogen and oxygen atoms in total. The average Bonchev–Trinajstić information content (AvgIpc) is 3.17. The molecule has 0 aromatic heterocycles. The summed E-state index contributed by atoms with van der Waals surface area (Å²) in [6.45, 7) is 6.51. The molecule has 1 amide bonds. The zero-order valence-electron chi connectivity index (χ0n) is 18.9. The minimum absolute atomic E-state index is 0. The highest BCUT2D eigenvalue weighted by atomic mass is 127. The van der Waals surface area contributed by atoms with Crippen LogP contribution in [0.2, 0.25) is 0 Å². The molecule has 0 radical (unpaired) electrons. The quantitative estimate of drug-likeness (QED) is 0.217. The molecule has 0 bridgehead atoms. The van der Waals surface area contributed by atoms with E-state index in [-0.39, 0.29) is 29.9 Å². The minimum atomic E-state index is 0. The van der Waals surface area contributed by atoms with Crippen LogP contribution < -0.4 is 10.6 Å². The number of hydrogen-bond donors (Lipinski definition) is 2. The molecule has 0 aliphatic carbocycles. The SMILES string of the molecule is CN=C(NCc1cccc(CN2CCCC2=O)c1)NC1CCN(CCCOC)CC1.I. The van der Waals surface area contributed by atoms with Gasteiger partial charge in [0.2, 0.25) is 5.91 Å². The summed E-state index contributed by atoms with van der Waals surface area (Å²) in [7, 11) is 3.59. The fraction of sp³-hybridized carbons (Fsp3) is 0.652. The molecule has 1 aromatic rings. The number of nitrogens with one attached hydrogen (secondary N) is 2. The zero-order chi connectivity index (χ0) is 21.2. The predicted molar refractivity (Wildman–Crippen MR) is 136 cm³/mol. The van der Waals surface area contributed by atoms with Gasteiger partial charge in [-0.25, -0.2) is 0 Å². The summed E-state index contributed by atoms with van der Waals surface area (Å²) in [6.07, 6.45) is 5.03. The number of amides is 1. The number of guanidine groups is 1. The molecule has 2 heterocycles. The first-order valence-corrected chi connectivity index (χ1v) is 11.2. The molecule has 3 rings (SSSR count). The normalized spacial score (nSPS) is 18.2. The van der Waals surface area contributed by atoms with E-state index in [0.717, 1.165) is 71.0 Å². The Balaban J connectivity index is 0.00000341. The lowest BCUT2D eigenvalue weighted by Crippen LogP contribution is -2.48. The topological polar surface area (TPSA) is 69.2 Å². The summed E-state index contributed by atoms with van der Waals surface area (Å²) >= 11 is 0. The predicted octanol–water partition coefficient (Wildman–Crippen LogP) is 2.59. The van der Waals surface area contributed by atoms with E-state index in [2.05, 4.69) is 44.8 Å². The summed E-state index contributed by atoms with van der Waals surface area (Å²) in [5.41, 5.74) is 2.39. The summed E-state index contributed by atoms with van der Waals surface area (Å²) in [6, 6.07) is 8.94. The number of likely N-dealkylation sites (tertiary alicyclic amines) is 2. The Labute approximate surface area is 204 Å². The second-order valence-corrected chi connectivity index (χ2v) is 8.27. The number of nitrogens with zero attached hydrogens (tertiary/aromatic N) is 3. The Hall–Kier alpha value is -1.39. The summed E-state index contributed by atoms with van der Waals surface area (Å²) in [4.78, 5) is 20.7. The fourth-order valence-electron chi connectivity index (χ4n) is 4.24. The van der Waals surface area contributed by atoms with E-state index in [9.17, 15) is 4.79 Å². The van der Waals surface area contributed by atoms with Crippen LogP contribution in [0.25, 0.3) is 0 Å². The molecule has 2 aliphatic heterocycles. The van der Waals surface area contributed by atoms with Crippen molar-refractivity contribution in [3.63, 3.8) is 0 Å². The van der Waals surface area contributed by atoms with Crippen molar-refractivity contribution in [1.82, 2.24) is 20.4 Å². The molecule has 31 heavy (non-hydrogen) atoms. The van der Waals surface area contributed by atoms with E-state index >= 15 is 0 Å². The van der Waals surface area contributed by atoms with Crippen LogP contribution >= 0.6 is 24.0 Å². The zero-order valence-corrected chi connectivity index (χ0v) is 21.3. The third-order valence-electron chi connectivity index (χ3n) is 5.97. The highest BCUT2D eigenvalue weighted by Crippen LogP contribution is 2.15. The van der Waals surface area contributed by atoms with E-state index in [1.165, 1.54) is 11.1 Å². The molecule has 2 saturated heterocycles. The number of rotatable bonds is 9. The van der Waals surface area contributed by atoms with Crippen LogP contribution in [0.1, 0.15) is 43.2 Å². The molecule has 0 atom stereocenters. The van der Waals surface area contributed by atoms with Crippen molar-refractivity contribution in [1.29, 1.82) is 0 Å². The van der Waals surface area contributed by atoms with Gasteiger partial charge >= 0.3 is 0 Å². The number of carbonyl (C=O) groups is 1. The second-order valence-electron chi connectivity index (χ2n) is 8.27. The third kappa shape index (κ3) is 8.57. The second kappa shape index (κ2) is 13.9. The van der Waals surface area contributed by atoms with Crippen LogP contribution in [0.3, 0.4) is 0 Å². The summed E-state index contributed by atoms with van der Waals surface area (Å²) < 4.78 is 5.15. The molecule has 2 aliphatic rings. The molecule has 1 aromatic carbocycles. The number of aliphatic imine (C=N–C) groups is 1. The Kier molecular flexibility index (Phi) is 11.6. The average molecular weight is 543 g/mol. The van der Waals surface area contributed by atoms with Crippen molar-refractivity contribution in [2.24, 2.45) is 4.99 Å². The lowest BCUT2D eigenvalue weighted by molar-refractivity contribution is -0.128. The lowest BCUT2D eigenvalue weighted by Gasteiger charge is -2.33. The monoisotopic (exact) mass is 543 g/mol. The van der Waals surface area contributed by atoms with Gasteiger partial charge in [-0.15, -0.1) is 24.0 Å². The highest BCUT2D eigenvalue weighted by molar-refractivity contribution is 14.0. The lowest BCUT2D eigenvalue weighted by atomic mass is 10.1. The maximum absolute atomic E-state index is 11.9. The van der Waals surface area contributed by atoms with Gasteiger partial charge in [0.1, 0.15) is 0 Å². The van der Waals surface area contributed by atoms with Crippen LogP contribution in [0.15, 0.2) is 29.3 Å². The molecule has 2 fully saturated rings. The number of carbonyl (C=O) groups excluding carboxylic acids is 1. The standard InChI is InChI=1S/C23H37N5O2.HI/c1-24-23(26-21-9-13-27(14-10-21)11-5-15-30-2)25-17-19-6-3-7-20(16-19)18-28-12-4-8-22(28)29;/h3,6-7,16,21H,4-5,8-15,17-18H2,1-2H3,(H2,24,25,26);1H. The van der Waals surface area contributed by atoms with E-state index in [0.29, 0.717) is 19.0 Å². The Morgan fingerprint density at radius 2 is 2.00 bits per heavy atom. The Morgan fingerprint density at radius 3 is 2.68 bits per heavy atom. The van der Waals surface area contributed by atoms with Crippen LogP contribution in [0.4, 0.5) is 0 Å². The van der Waals surface area contributed by atoms with Gasteiger partial charge in [0.15, 0.2) is 5.96 Å². The van der Waals surface area contributed by atoms with Crippen molar-refractivity contribution in [2.45, 2.75) is 51.2 Å². The van der Waals surface area contributed by atoms with Gasteiger partial charge in [0.05, 0.1) is 0 Å². The van der Waals surface area contributed by atoms with Gasteiger partial charge in [-0.1, -0.05) is 24.3 Å². The fourth-order valence-corrected chi connectivity index (χ4v) is 4.24. The van der Waals surface area contributed by atoms with Gasteiger partial charge in [-0.05, 0) is 36.8 Å². The van der Waals surface area contributed by atoms with E-state index in [1.807, 2.05) is 11.9 Å². The molecular formula is C23H38IN5O2. The van der Waals surface area contributed by atoms with Crippen molar-refractivity contribution in [3.05, 3.63) is 35.4 Å². The van der Waals surface area contributed by atoms with Gasteiger partial charge in [0.25, 0.3) is 0 Å². The number of halogens is 1. The third-order valence-corrected chi connectivity index (χ3v) is 5.97. The van der Waals surface area contributed by atoms with Crippen molar-refractivity contribution in [3.8, 4) is 0 Å². The number of benzene rings is 1. The number of methoxy groups -OCH3 is 1. The molecule has 0 unspecified atom stereocenters. The highest BCUT2D eigenvalue weighted by Gasteiger charge is 2.21. The summed E-state index contributed by atoms with van der Waals surface area (Å²) in [5, 5.41) is 7.02. The summed E-state index contributed by atoms with van der Waals surface area (Å²) in [5.74, 6) is 1.13. The molecule has 2 N–H and O–H groups in total. The van der Waals surface area contributed by atoms with Gasteiger partial charge in [-0.3, -0.25) is 9.79 Å². The minimum Gasteiger partial charge on any atom is -0.385 e. The molecule has 0 spiro atoms. The Morgan fingerprint density at radius 1 is 1.23 bits per heavy atom. The molecule has 174 valence electrons. The first-order chi connectivity index (χ1) is 14.7. The number of ether oxygens (including phenoxy) is 1. The molecular weight excluding hydrogens is 505 g/mol. The maximum atomic E-state index is 11.9. The Bertz CT molecular complexity index is 707. The molecule has 8 heteroatoms. The smallest absolute Gasteiger partial charge is 0.222 e. The number of hydrogen-bond acceptors (Lipinski definition) is 4. The van der Waals surface area contributed by atoms with Gasteiger partial charge < -0.3 is 25.2 Å². The largest absolute Gasteiger partial charge is 0.385 e. The van der Waals surface area contributed by atoms with Crippen LogP contribution in [0, 0.1) is 0 Å². The maximum Gasteiger partial charge on any atom is 0.222 e. The van der Waals surface area contributed by atoms with E-state index in [1.54, 1.807) is 7.11 Å². The molecule has 0 saturated carbocycles. The first kappa shape index (κ1) is 25.9. The van der Waals surface area contributed by atoms with Crippen LogP contribution in [0.5, 0.6) is 0 Å². The van der Waals surface area contributed by atoms with Gasteiger partial charge in [-0.2, -0.15) is 0 Å². The first-order valence-electron chi connectivity index (χ1n) is 11.2. The van der Waals surface area contributed by atoms with Crippen molar-refractivity contribution >= 4 is 35.8 Å². The van der Waals surface area contributed by atoms with Crippen molar-refractivity contribution < 1.29 is 9.53 Å². The van der Waals surface area contributed by atoms with E-state index in [4.69, 9.17) is 4.74 Å². The van der Waals surface area contributed by atoms with E-state index < -0.39 is 0 Å².